The minimum atomic E-state index is 0. The smallest absolute Gasteiger partial charge is 0.122 e. The Hall–Kier alpha value is -0.930. The van der Waals surface area contributed by atoms with Crippen LogP contribution in [-0.2, 0) is 6.42 Å². The topological polar surface area (TPSA) is 46.1 Å². The molecule has 1 aromatic rings. The molecule has 1 rings (SSSR count). The van der Waals surface area contributed by atoms with E-state index in [0.717, 1.165) is 17.9 Å². The standard InChI is InChI=1S/C11H17NO2.ClH/c1-8(12)4-9-5-10(13-2)7-11(6-9)14-3;/h5-8H,4,12H2,1-3H3;1H/t8-;/m0./s1. The first-order valence-corrected chi connectivity index (χ1v) is 4.70. The molecule has 0 amide bonds. The van der Waals surface area contributed by atoms with E-state index in [1.54, 1.807) is 14.2 Å². The van der Waals surface area contributed by atoms with Crippen molar-refractivity contribution in [1.82, 2.24) is 0 Å². The summed E-state index contributed by atoms with van der Waals surface area (Å²) in [5, 5.41) is 0. The molecule has 0 saturated carbocycles. The average molecular weight is 232 g/mol. The minimum absolute atomic E-state index is 0. The number of benzene rings is 1. The van der Waals surface area contributed by atoms with Crippen molar-refractivity contribution in [2.45, 2.75) is 19.4 Å². The maximum atomic E-state index is 5.18. The predicted octanol–water partition coefficient (Wildman–Crippen LogP) is -2.12. The summed E-state index contributed by atoms with van der Waals surface area (Å²) in [6.45, 7) is 2.09. The maximum Gasteiger partial charge on any atom is 0.122 e. The quantitative estimate of drug-likeness (QED) is 0.644. The molecule has 0 unspecified atom stereocenters. The van der Waals surface area contributed by atoms with Crippen LogP contribution in [-0.4, -0.2) is 20.3 Å². The van der Waals surface area contributed by atoms with Crippen LogP contribution in [0.5, 0.6) is 11.5 Å². The van der Waals surface area contributed by atoms with Crippen LogP contribution in [0.2, 0.25) is 0 Å². The normalized spacial score (nSPS) is 11.5. The molecule has 86 valence electrons. The van der Waals surface area contributed by atoms with Crippen LogP contribution in [0, 0.1) is 0 Å². The van der Waals surface area contributed by atoms with Gasteiger partial charge in [-0.15, -0.1) is 0 Å². The molecule has 0 heterocycles. The van der Waals surface area contributed by atoms with Crippen molar-refractivity contribution < 1.29 is 27.6 Å². The van der Waals surface area contributed by atoms with E-state index >= 15 is 0 Å². The van der Waals surface area contributed by atoms with Crippen LogP contribution in [0.4, 0.5) is 0 Å². The number of hydrogen-bond acceptors (Lipinski definition) is 2. The Morgan fingerprint density at radius 2 is 1.60 bits per heavy atom. The molecule has 1 aromatic carbocycles. The highest BCUT2D eigenvalue weighted by Crippen LogP contribution is 2.22. The summed E-state index contributed by atoms with van der Waals surface area (Å²) in [7, 11) is 3.32. The first kappa shape index (κ1) is 14.1. The second kappa shape index (κ2) is 6.53. The second-order valence-electron chi connectivity index (χ2n) is 3.53. The summed E-state index contributed by atoms with van der Waals surface area (Å²) in [5.41, 5.74) is 5.16. The molecule has 0 aromatic heterocycles. The van der Waals surface area contributed by atoms with Gasteiger partial charge in [0.2, 0.25) is 0 Å². The molecular formula is C11H18ClNO2. The van der Waals surface area contributed by atoms with Crippen molar-refractivity contribution in [1.29, 1.82) is 0 Å². The van der Waals surface area contributed by atoms with Crippen LogP contribution in [0.1, 0.15) is 12.5 Å². The highest BCUT2D eigenvalue weighted by atomic mass is 35.5. The first-order valence-electron chi connectivity index (χ1n) is 4.70. The number of rotatable bonds is 4. The Labute approximate surface area is 97.0 Å². The van der Waals surface area contributed by atoms with Crippen molar-refractivity contribution >= 4 is 0 Å². The van der Waals surface area contributed by atoms with E-state index in [0.29, 0.717) is 6.04 Å². The third kappa shape index (κ3) is 4.40. The summed E-state index contributed by atoms with van der Waals surface area (Å²) in [5.74, 6) is 1.67. The summed E-state index contributed by atoms with van der Waals surface area (Å²) in [6.07, 6.45) is 0.938. The first-order chi connectivity index (χ1) is 6.65. The summed E-state index contributed by atoms with van der Waals surface area (Å²) in [4.78, 5) is 0. The summed E-state index contributed by atoms with van der Waals surface area (Å²) < 4.78 is 10.4. The fraction of sp³-hybridized carbons (Fsp3) is 0.455. The van der Waals surface area contributed by atoms with Crippen LogP contribution < -0.4 is 27.6 Å². The molecule has 0 aliphatic rings. The lowest BCUT2D eigenvalue weighted by Gasteiger charge is -2.08. The van der Waals surface area contributed by atoms with Crippen LogP contribution in [0.25, 0.3) is 0 Å². The summed E-state index contributed by atoms with van der Waals surface area (Å²) in [6, 6.07) is 6.30. The van der Waals surface area contributed by atoms with E-state index in [2.05, 4.69) is 12.7 Å². The molecule has 4 heteroatoms. The van der Waals surface area contributed by atoms with E-state index < -0.39 is 0 Å². The molecule has 0 radical (unpaired) electrons. The average Bonchev–Trinajstić information content (AvgIpc) is 2.16. The van der Waals surface area contributed by atoms with Crippen molar-refractivity contribution in [3.8, 4) is 11.5 Å². The van der Waals surface area contributed by atoms with Gasteiger partial charge in [0, 0.05) is 12.5 Å². The van der Waals surface area contributed by atoms with Gasteiger partial charge in [0.05, 0.1) is 20.3 Å². The number of hydrogen-bond donors (Lipinski definition) is 1. The third-order valence-corrected chi connectivity index (χ3v) is 2.00. The van der Waals surface area contributed by atoms with E-state index in [4.69, 9.17) is 9.47 Å². The summed E-state index contributed by atoms with van der Waals surface area (Å²) >= 11 is 0. The molecule has 0 aliphatic heterocycles. The van der Waals surface area contributed by atoms with Gasteiger partial charge < -0.3 is 27.6 Å². The fourth-order valence-corrected chi connectivity index (χ4v) is 1.39. The van der Waals surface area contributed by atoms with Crippen LogP contribution >= 0.6 is 0 Å². The monoisotopic (exact) mass is 231 g/mol. The Morgan fingerprint density at radius 3 is 1.93 bits per heavy atom. The van der Waals surface area contributed by atoms with Gasteiger partial charge in [0.25, 0.3) is 0 Å². The van der Waals surface area contributed by atoms with Crippen molar-refractivity contribution in [2.24, 2.45) is 0 Å². The zero-order chi connectivity index (χ0) is 10.6. The predicted molar refractivity (Wildman–Crippen MR) is 55.6 cm³/mol. The van der Waals surface area contributed by atoms with E-state index in [9.17, 15) is 0 Å². The lowest BCUT2D eigenvalue weighted by atomic mass is 10.1. The van der Waals surface area contributed by atoms with E-state index in [-0.39, 0.29) is 12.4 Å². The van der Waals surface area contributed by atoms with Crippen LogP contribution in [0.15, 0.2) is 18.2 Å². The zero-order valence-electron chi connectivity index (χ0n) is 9.42. The Morgan fingerprint density at radius 1 is 1.13 bits per heavy atom. The van der Waals surface area contributed by atoms with Crippen LogP contribution in [0.3, 0.4) is 0 Å². The van der Waals surface area contributed by atoms with Crippen molar-refractivity contribution in [3.63, 3.8) is 0 Å². The molecule has 0 bridgehead atoms. The molecule has 0 spiro atoms. The number of halogens is 1. The largest absolute Gasteiger partial charge is 1.00 e. The Kier molecular flexibility index (Phi) is 6.13. The minimum Gasteiger partial charge on any atom is -1.00 e. The highest BCUT2D eigenvalue weighted by Gasteiger charge is 2.05. The van der Waals surface area contributed by atoms with Gasteiger partial charge in [-0.05, 0) is 24.6 Å². The molecule has 3 N–H and O–H groups in total. The van der Waals surface area contributed by atoms with E-state index in [1.165, 1.54) is 5.56 Å². The molecular weight excluding hydrogens is 214 g/mol. The van der Waals surface area contributed by atoms with Gasteiger partial charge in [-0.2, -0.15) is 0 Å². The fourth-order valence-electron chi connectivity index (χ4n) is 1.39. The Balaban J connectivity index is 0.00000196. The zero-order valence-corrected chi connectivity index (χ0v) is 10.2. The number of quaternary nitrogens is 1. The van der Waals surface area contributed by atoms with Gasteiger partial charge in [0.1, 0.15) is 11.5 Å². The van der Waals surface area contributed by atoms with Gasteiger partial charge in [-0.3, -0.25) is 0 Å². The number of methoxy groups -OCH3 is 2. The number of ether oxygens (including phenoxy) is 2. The molecule has 0 saturated heterocycles. The van der Waals surface area contributed by atoms with Gasteiger partial charge in [-0.25, -0.2) is 0 Å². The Bertz CT molecular complexity index is 280. The van der Waals surface area contributed by atoms with Gasteiger partial charge >= 0.3 is 0 Å². The van der Waals surface area contributed by atoms with Gasteiger partial charge in [-0.1, -0.05) is 0 Å². The molecule has 3 nitrogen and oxygen atoms in total. The van der Waals surface area contributed by atoms with Crippen molar-refractivity contribution in [3.05, 3.63) is 23.8 Å². The molecule has 1 atom stereocenters. The maximum absolute atomic E-state index is 5.18. The molecule has 0 aliphatic carbocycles. The lowest BCUT2D eigenvalue weighted by molar-refractivity contribution is -0.413. The SMILES string of the molecule is COc1cc(C[C@H](C)[NH3+])cc(OC)c1.[Cl-]. The molecule has 0 fully saturated rings. The second-order valence-corrected chi connectivity index (χ2v) is 3.53. The van der Waals surface area contributed by atoms with Gasteiger partial charge in [0.15, 0.2) is 0 Å². The van der Waals surface area contributed by atoms with Crippen molar-refractivity contribution in [2.75, 3.05) is 14.2 Å². The van der Waals surface area contributed by atoms with E-state index in [1.807, 2.05) is 18.2 Å². The lowest BCUT2D eigenvalue weighted by Crippen LogP contribution is -3.00. The molecule has 15 heavy (non-hydrogen) atoms. The highest BCUT2D eigenvalue weighted by molar-refractivity contribution is 5.38. The third-order valence-electron chi connectivity index (χ3n) is 2.00.